The molecule has 1 nitrogen and oxygen atoms in total. The number of hydrogen-bond acceptors (Lipinski definition) is 1. The van der Waals surface area contributed by atoms with Gasteiger partial charge < -0.3 is 4.80 Å². The first kappa shape index (κ1) is 10.7. The summed E-state index contributed by atoms with van der Waals surface area (Å²) in [6.45, 7) is 8.57. The summed E-state index contributed by atoms with van der Waals surface area (Å²) in [7, 11) is -0.563. The molecule has 0 aromatic heterocycles. The Bertz CT molecular complexity index is 332. The molecule has 1 N–H and O–H groups in total. The van der Waals surface area contributed by atoms with Gasteiger partial charge in [-0.05, 0) is 55.1 Å². The molecule has 0 saturated carbocycles. The maximum absolute atomic E-state index is 9.74. The van der Waals surface area contributed by atoms with Gasteiger partial charge >= 0.3 is 0 Å². The van der Waals surface area contributed by atoms with Crippen LogP contribution in [0.1, 0.15) is 22.3 Å². The van der Waals surface area contributed by atoms with E-state index in [0.29, 0.717) is 0 Å². The lowest BCUT2D eigenvalue weighted by molar-refractivity contribution is 0.607. The Morgan fingerprint density at radius 2 is 1.62 bits per heavy atom. The predicted molar refractivity (Wildman–Crippen MR) is 64.3 cm³/mol. The fourth-order valence-corrected chi connectivity index (χ4v) is 4.81. The molecule has 1 rings (SSSR count). The van der Waals surface area contributed by atoms with E-state index in [1.807, 2.05) is 0 Å². The van der Waals surface area contributed by atoms with Gasteiger partial charge in [-0.2, -0.15) is 0 Å². The normalized spacial score (nSPS) is 13.3. The lowest BCUT2D eigenvalue weighted by Crippen LogP contribution is -2.34. The minimum Gasteiger partial charge on any atom is -0.434 e. The number of aryl methyl sites for hydroxylation is 1. The Morgan fingerprint density at radius 1 is 1.08 bits per heavy atom. The lowest BCUT2D eigenvalue weighted by atomic mass is 10.00. The van der Waals surface area contributed by atoms with Crippen molar-refractivity contribution in [1.29, 1.82) is 0 Å². The molecule has 72 valence electrons. The molecule has 1 aromatic carbocycles. The van der Waals surface area contributed by atoms with Crippen LogP contribution in [0.3, 0.4) is 0 Å². The predicted octanol–water partition coefficient (Wildman–Crippen LogP) is -0.295. The first-order chi connectivity index (χ1) is 5.95. The van der Waals surface area contributed by atoms with Crippen molar-refractivity contribution in [3.8, 4) is 0 Å². The van der Waals surface area contributed by atoms with Crippen LogP contribution in [-0.2, 0) is 0 Å². The SMILES string of the molecule is Cc1cc([SiH](O)[SiH3])c(C)c(C)c1C. The van der Waals surface area contributed by atoms with Crippen LogP contribution in [0.15, 0.2) is 6.07 Å². The lowest BCUT2D eigenvalue weighted by Gasteiger charge is -2.15. The standard InChI is InChI=1S/C10H18OSi2/c1-6-5-10(13(11)12)9(4)8(3)7(6)2/h5,11,13H,1-4,12H3. The van der Waals surface area contributed by atoms with Crippen LogP contribution in [0, 0.1) is 27.7 Å². The third kappa shape index (κ3) is 1.92. The molecule has 0 spiro atoms. The van der Waals surface area contributed by atoms with Crippen LogP contribution in [0.2, 0.25) is 0 Å². The molecule has 0 bridgehead atoms. The van der Waals surface area contributed by atoms with E-state index in [1.165, 1.54) is 27.4 Å². The van der Waals surface area contributed by atoms with Crippen molar-refractivity contribution in [3.05, 3.63) is 28.3 Å². The van der Waals surface area contributed by atoms with Crippen molar-refractivity contribution in [1.82, 2.24) is 0 Å². The summed E-state index contributed by atoms with van der Waals surface area (Å²) < 4.78 is 0. The van der Waals surface area contributed by atoms with E-state index < -0.39 is 8.56 Å². The molecule has 1 unspecified atom stereocenters. The molecule has 0 aliphatic heterocycles. The number of benzene rings is 1. The van der Waals surface area contributed by atoms with E-state index in [2.05, 4.69) is 33.8 Å². The maximum Gasteiger partial charge on any atom is 0.179 e. The highest BCUT2D eigenvalue weighted by atomic mass is 29.2. The van der Waals surface area contributed by atoms with Crippen LogP contribution in [0.5, 0.6) is 0 Å². The smallest absolute Gasteiger partial charge is 0.179 e. The van der Waals surface area contributed by atoms with Crippen molar-refractivity contribution in [3.63, 3.8) is 0 Å². The van der Waals surface area contributed by atoms with Gasteiger partial charge in [0, 0.05) is 9.76 Å². The largest absolute Gasteiger partial charge is 0.434 e. The molecule has 1 atom stereocenters. The van der Waals surface area contributed by atoms with Gasteiger partial charge in [-0.25, -0.2) is 0 Å². The van der Waals surface area contributed by atoms with Crippen LogP contribution >= 0.6 is 0 Å². The molecule has 0 amide bonds. The summed E-state index contributed by atoms with van der Waals surface area (Å²) in [5.74, 6) is 0. The summed E-state index contributed by atoms with van der Waals surface area (Å²) in [6, 6.07) is 2.18. The zero-order valence-electron chi connectivity index (χ0n) is 9.10. The molecule has 0 aliphatic carbocycles. The molecule has 0 radical (unpaired) electrons. The van der Waals surface area contributed by atoms with Gasteiger partial charge in [-0.1, -0.05) is 6.07 Å². The summed E-state index contributed by atoms with van der Waals surface area (Å²) in [5, 5.41) is 1.26. The van der Waals surface area contributed by atoms with Crippen molar-refractivity contribution in [2.75, 3.05) is 0 Å². The third-order valence-corrected chi connectivity index (χ3v) is 6.34. The monoisotopic (exact) mass is 210 g/mol. The molecule has 3 heteroatoms. The fraction of sp³-hybridized carbons (Fsp3) is 0.400. The van der Waals surface area contributed by atoms with Gasteiger partial charge in [-0.3, -0.25) is 0 Å². The molecule has 0 fully saturated rings. The van der Waals surface area contributed by atoms with Crippen molar-refractivity contribution < 1.29 is 4.80 Å². The molecular formula is C10H18OSi2. The Morgan fingerprint density at radius 3 is 2.08 bits per heavy atom. The van der Waals surface area contributed by atoms with E-state index in [1.54, 1.807) is 0 Å². The van der Waals surface area contributed by atoms with E-state index >= 15 is 0 Å². The van der Waals surface area contributed by atoms with E-state index in [-0.39, 0.29) is 0 Å². The Hall–Kier alpha value is -0.386. The zero-order chi connectivity index (χ0) is 10.2. The van der Waals surface area contributed by atoms with Gasteiger partial charge in [0.25, 0.3) is 0 Å². The summed E-state index contributed by atoms with van der Waals surface area (Å²) in [6.07, 6.45) is 0. The van der Waals surface area contributed by atoms with Gasteiger partial charge in [0.15, 0.2) is 8.56 Å². The average Bonchev–Trinajstić information content (AvgIpc) is 2.07. The van der Waals surface area contributed by atoms with E-state index in [4.69, 9.17) is 0 Å². The fourth-order valence-electron chi connectivity index (χ4n) is 1.68. The van der Waals surface area contributed by atoms with Gasteiger partial charge in [0.2, 0.25) is 0 Å². The quantitative estimate of drug-likeness (QED) is 0.632. The minimum atomic E-state index is -1.51. The van der Waals surface area contributed by atoms with Crippen LogP contribution in [-0.4, -0.2) is 23.1 Å². The highest BCUT2D eigenvalue weighted by Crippen LogP contribution is 2.14. The first-order valence-electron chi connectivity index (χ1n) is 4.70. The molecule has 0 aliphatic rings. The molecule has 0 heterocycles. The summed E-state index contributed by atoms with van der Waals surface area (Å²) in [4.78, 5) is 9.74. The third-order valence-electron chi connectivity index (χ3n) is 2.97. The van der Waals surface area contributed by atoms with Crippen LogP contribution in [0.25, 0.3) is 0 Å². The van der Waals surface area contributed by atoms with Gasteiger partial charge in [0.1, 0.15) is 0 Å². The zero-order valence-corrected chi connectivity index (χ0v) is 12.3. The van der Waals surface area contributed by atoms with E-state index in [0.717, 1.165) is 9.76 Å². The topological polar surface area (TPSA) is 20.2 Å². The Kier molecular flexibility index (Phi) is 3.11. The molecule has 13 heavy (non-hydrogen) atoms. The van der Waals surface area contributed by atoms with Crippen LogP contribution in [0.4, 0.5) is 0 Å². The molecule has 1 aromatic rings. The van der Waals surface area contributed by atoms with E-state index in [9.17, 15) is 4.80 Å². The van der Waals surface area contributed by atoms with Gasteiger partial charge in [0.05, 0.1) is 0 Å². The van der Waals surface area contributed by atoms with Crippen molar-refractivity contribution in [2.45, 2.75) is 27.7 Å². The molecule has 0 saturated heterocycles. The van der Waals surface area contributed by atoms with Crippen molar-refractivity contribution in [2.24, 2.45) is 0 Å². The Balaban J connectivity index is 3.41. The molecular weight excluding hydrogens is 192 g/mol. The Labute approximate surface area is 84.7 Å². The minimum absolute atomic E-state index is 0.943. The summed E-state index contributed by atoms with van der Waals surface area (Å²) >= 11 is 0. The maximum atomic E-state index is 9.74. The van der Waals surface area contributed by atoms with Crippen molar-refractivity contribution >= 4 is 23.5 Å². The highest BCUT2D eigenvalue weighted by Gasteiger charge is 2.11. The number of hydrogen-bond donors (Lipinski definition) is 1. The average molecular weight is 210 g/mol. The van der Waals surface area contributed by atoms with Gasteiger partial charge in [-0.15, -0.1) is 0 Å². The summed E-state index contributed by atoms with van der Waals surface area (Å²) in [5.41, 5.74) is 5.37. The first-order valence-corrected chi connectivity index (χ1v) is 10.4. The second kappa shape index (κ2) is 3.78. The second-order valence-electron chi connectivity index (χ2n) is 3.83. The van der Waals surface area contributed by atoms with Crippen LogP contribution < -0.4 is 5.19 Å². The number of rotatable bonds is 1. The second-order valence-corrected chi connectivity index (χ2v) is 9.09. The highest BCUT2D eigenvalue weighted by molar-refractivity contribution is 7.06.